The van der Waals surface area contributed by atoms with E-state index in [4.69, 9.17) is 10.00 Å². The normalized spacial score (nSPS) is 15.1. The number of aliphatic hydroxyl groups excluding tert-OH is 1. The molecule has 0 saturated carbocycles. The number of allylic oxidation sites excluding steroid dienone is 5. The van der Waals surface area contributed by atoms with Crippen LogP contribution in [-0.4, -0.2) is 17.3 Å². The Balaban J connectivity index is 2.24. The number of aliphatic hydroxyl groups is 1. The van der Waals surface area contributed by atoms with Crippen LogP contribution in [0.3, 0.4) is 0 Å². The highest BCUT2D eigenvalue weighted by Gasteiger charge is 2.35. The minimum atomic E-state index is -4.68. The van der Waals surface area contributed by atoms with Gasteiger partial charge in [0, 0.05) is 5.57 Å². The number of halogens is 3. The predicted molar refractivity (Wildman–Crippen MR) is 86.7 cm³/mol. The van der Waals surface area contributed by atoms with Gasteiger partial charge < -0.3 is 15.2 Å². The van der Waals surface area contributed by atoms with E-state index < -0.39 is 29.6 Å². The van der Waals surface area contributed by atoms with E-state index >= 15 is 0 Å². The zero-order chi connectivity index (χ0) is 19.4. The summed E-state index contributed by atoms with van der Waals surface area (Å²) >= 11 is 0. The van der Waals surface area contributed by atoms with Crippen molar-refractivity contribution in [1.82, 2.24) is 5.32 Å². The summed E-state index contributed by atoms with van der Waals surface area (Å²) in [6, 6.07) is 6.34. The van der Waals surface area contributed by atoms with Crippen molar-refractivity contribution >= 4 is 0 Å². The number of nitrogens with one attached hydrogen (secondary N) is 1. The van der Waals surface area contributed by atoms with E-state index in [1.165, 1.54) is 6.92 Å². The molecule has 2 N–H and O–H groups in total. The molecule has 1 aromatic rings. The fourth-order valence-corrected chi connectivity index (χ4v) is 2.13. The van der Waals surface area contributed by atoms with Crippen molar-refractivity contribution in [3.63, 3.8) is 0 Å². The minimum Gasteiger partial charge on any atom is -0.494 e. The molecular formula is C18H14F3N3O2. The van der Waals surface area contributed by atoms with Crippen molar-refractivity contribution in [3.05, 3.63) is 65.1 Å². The van der Waals surface area contributed by atoms with E-state index in [0.717, 1.165) is 18.2 Å². The van der Waals surface area contributed by atoms with Crippen LogP contribution in [-0.2, 0) is 6.18 Å². The van der Waals surface area contributed by atoms with Gasteiger partial charge in [0.15, 0.2) is 11.4 Å². The van der Waals surface area contributed by atoms with Crippen molar-refractivity contribution in [2.75, 3.05) is 6.61 Å². The van der Waals surface area contributed by atoms with Crippen molar-refractivity contribution in [2.45, 2.75) is 18.6 Å². The van der Waals surface area contributed by atoms with Crippen LogP contribution in [0.1, 0.15) is 18.1 Å². The lowest BCUT2D eigenvalue weighted by Gasteiger charge is -2.25. The largest absolute Gasteiger partial charge is 0.494 e. The first-order valence-corrected chi connectivity index (χ1v) is 7.40. The molecule has 8 heteroatoms. The van der Waals surface area contributed by atoms with Crippen LogP contribution in [0, 0.1) is 22.7 Å². The van der Waals surface area contributed by atoms with Gasteiger partial charge in [0.1, 0.15) is 12.4 Å². The summed E-state index contributed by atoms with van der Waals surface area (Å²) in [5, 5.41) is 30.8. The molecule has 0 bridgehead atoms. The van der Waals surface area contributed by atoms with Crippen molar-refractivity contribution in [3.8, 4) is 17.9 Å². The summed E-state index contributed by atoms with van der Waals surface area (Å²) in [5.74, 6) is -0.864. The maximum atomic E-state index is 13.1. The van der Waals surface area contributed by atoms with E-state index in [-0.39, 0.29) is 11.4 Å². The number of alkyl halides is 3. The molecule has 0 amide bonds. The summed E-state index contributed by atoms with van der Waals surface area (Å²) in [4.78, 5) is 0. The van der Waals surface area contributed by atoms with Gasteiger partial charge in [-0.25, -0.2) is 0 Å². The number of nitriles is 2. The molecule has 1 atom stereocenters. The second kappa shape index (κ2) is 7.24. The summed E-state index contributed by atoms with van der Waals surface area (Å²) in [5.41, 5.74) is -2.15. The van der Waals surface area contributed by atoms with Gasteiger partial charge in [-0.2, -0.15) is 23.7 Å². The maximum absolute atomic E-state index is 13.1. The third-order valence-corrected chi connectivity index (χ3v) is 3.51. The van der Waals surface area contributed by atoms with Crippen molar-refractivity contribution in [2.24, 2.45) is 0 Å². The quantitative estimate of drug-likeness (QED) is 0.780. The molecule has 1 aromatic carbocycles. The summed E-state index contributed by atoms with van der Waals surface area (Å²) in [6.07, 6.45) is 1.87. The van der Waals surface area contributed by atoms with Gasteiger partial charge in [-0.15, -0.1) is 0 Å². The molecule has 2 rings (SSSR count). The fourth-order valence-electron chi connectivity index (χ4n) is 2.13. The van der Waals surface area contributed by atoms with Gasteiger partial charge in [-0.1, -0.05) is 12.2 Å². The van der Waals surface area contributed by atoms with Gasteiger partial charge in [-0.3, -0.25) is 0 Å². The van der Waals surface area contributed by atoms with Gasteiger partial charge >= 0.3 is 6.18 Å². The molecule has 0 aliphatic heterocycles. The zero-order valence-electron chi connectivity index (χ0n) is 13.6. The molecular weight excluding hydrogens is 347 g/mol. The Kier molecular flexibility index (Phi) is 5.27. The van der Waals surface area contributed by atoms with E-state index in [0.29, 0.717) is 5.57 Å². The summed E-state index contributed by atoms with van der Waals surface area (Å²) in [6.45, 7) is 0.875. The molecule has 5 nitrogen and oxygen atoms in total. The summed E-state index contributed by atoms with van der Waals surface area (Å²) in [7, 11) is 0. The standard InChI is InChI=1S/C18H14F3N3O2/c1-17(10-23,24-16(25)13-4-2-3-5-13)11-26-15-8-12(9-22)6-7-14(15)18(19,20)21/h2-8,24-25H,11H2,1H3. The van der Waals surface area contributed by atoms with Crippen LogP contribution in [0.2, 0.25) is 0 Å². The Hall–Kier alpha value is -3.39. The first-order valence-electron chi connectivity index (χ1n) is 7.40. The lowest BCUT2D eigenvalue weighted by atomic mass is 10.1. The molecule has 1 aliphatic rings. The predicted octanol–water partition coefficient (Wildman–Crippen LogP) is 3.72. The van der Waals surface area contributed by atoms with E-state index in [9.17, 15) is 23.5 Å². The number of hydrogen-bond donors (Lipinski definition) is 2. The van der Waals surface area contributed by atoms with Gasteiger partial charge in [0.2, 0.25) is 0 Å². The number of rotatable bonds is 5. The van der Waals surface area contributed by atoms with Crippen LogP contribution in [0.15, 0.2) is 54.0 Å². The molecule has 0 heterocycles. The van der Waals surface area contributed by atoms with E-state index in [2.05, 4.69) is 5.32 Å². The zero-order valence-corrected chi connectivity index (χ0v) is 13.6. The van der Waals surface area contributed by atoms with Crippen molar-refractivity contribution in [1.29, 1.82) is 10.5 Å². The average Bonchev–Trinajstić information content (AvgIpc) is 3.13. The highest BCUT2D eigenvalue weighted by atomic mass is 19.4. The number of nitrogens with zero attached hydrogens (tertiary/aromatic N) is 2. The first-order chi connectivity index (χ1) is 12.2. The van der Waals surface area contributed by atoms with Gasteiger partial charge in [0.05, 0.1) is 23.3 Å². The first kappa shape index (κ1) is 18.9. The van der Waals surface area contributed by atoms with Crippen LogP contribution in [0.4, 0.5) is 13.2 Å². The second-order valence-electron chi connectivity index (χ2n) is 5.70. The Bertz CT molecular complexity index is 859. The molecule has 1 unspecified atom stereocenters. The molecule has 0 radical (unpaired) electrons. The highest BCUT2D eigenvalue weighted by Crippen LogP contribution is 2.37. The van der Waals surface area contributed by atoms with Crippen molar-refractivity contribution < 1.29 is 23.0 Å². The Morgan fingerprint density at radius 1 is 1.23 bits per heavy atom. The molecule has 0 saturated heterocycles. The SMILES string of the molecule is CC(C#N)(COc1cc(C#N)ccc1C(F)(F)F)NC(O)=C1C=CC=C1. The molecule has 0 fully saturated rings. The number of ether oxygens (including phenoxy) is 1. The van der Waals surface area contributed by atoms with Gasteiger partial charge in [-0.05, 0) is 37.3 Å². The Labute approximate surface area is 147 Å². The van der Waals surface area contributed by atoms with Crippen LogP contribution in [0.25, 0.3) is 0 Å². The maximum Gasteiger partial charge on any atom is 0.419 e. The molecule has 134 valence electrons. The summed E-state index contributed by atoms with van der Waals surface area (Å²) < 4.78 is 44.5. The van der Waals surface area contributed by atoms with E-state index in [1.54, 1.807) is 30.4 Å². The van der Waals surface area contributed by atoms with E-state index in [1.807, 2.05) is 6.07 Å². The third kappa shape index (κ3) is 4.37. The smallest absolute Gasteiger partial charge is 0.419 e. The molecule has 0 spiro atoms. The minimum absolute atomic E-state index is 0.00850. The van der Waals surface area contributed by atoms with Crippen LogP contribution >= 0.6 is 0 Å². The molecule has 26 heavy (non-hydrogen) atoms. The molecule has 1 aliphatic carbocycles. The van der Waals surface area contributed by atoms with Gasteiger partial charge in [0.25, 0.3) is 0 Å². The second-order valence-corrected chi connectivity index (χ2v) is 5.70. The third-order valence-electron chi connectivity index (χ3n) is 3.51. The topological polar surface area (TPSA) is 89.1 Å². The lowest BCUT2D eigenvalue weighted by Crippen LogP contribution is -2.46. The monoisotopic (exact) mass is 361 g/mol. The highest BCUT2D eigenvalue weighted by molar-refractivity contribution is 5.44. The fraction of sp³-hybridized carbons (Fsp3) is 0.222. The van der Waals surface area contributed by atoms with Crippen LogP contribution < -0.4 is 10.1 Å². The Morgan fingerprint density at radius 2 is 1.88 bits per heavy atom. The lowest BCUT2D eigenvalue weighted by molar-refractivity contribution is -0.139. The number of benzene rings is 1. The molecule has 0 aromatic heterocycles. The Morgan fingerprint density at radius 3 is 2.42 bits per heavy atom. The van der Waals surface area contributed by atoms with Crippen LogP contribution in [0.5, 0.6) is 5.75 Å². The number of hydrogen-bond acceptors (Lipinski definition) is 5. The average molecular weight is 361 g/mol.